The molecule has 3 aromatic rings. The number of furan rings is 1. The molecule has 0 aliphatic carbocycles. The third-order valence-corrected chi connectivity index (χ3v) is 3.86. The summed E-state index contributed by atoms with van der Waals surface area (Å²) in [4.78, 5) is 26.5. The van der Waals surface area contributed by atoms with Crippen molar-refractivity contribution >= 4 is 11.8 Å². The summed E-state index contributed by atoms with van der Waals surface area (Å²) in [5.41, 5.74) is 0.692. The van der Waals surface area contributed by atoms with E-state index in [0.717, 1.165) is 0 Å². The van der Waals surface area contributed by atoms with Gasteiger partial charge in [-0.05, 0) is 23.8 Å². The molecule has 27 heavy (non-hydrogen) atoms. The molecule has 0 radical (unpaired) electrons. The van der Waals surface area contributed by atoms with Crippen molar-refractivity contribution in [1.82, 2.24) is 10.2 Å². The van der Waals surface area contributed by atoms with Crippen LogP contribution in [0.25, 0.3) is 0 Å². The Labute approximate surface area is 157 Å². The van der Waals surface area contributed by atoms with E-state index in [1.807, 2.05) is 36.4 Å². The molecule has 1 N–H and O–H groups in total. The Kier molecular flexibility index (Phi) is 5.56. The molecule has 0 saturated heterocycles. The highest BCUT2D eigenvalue weighted by Gasteiger charge is 2.26. The SMILES string of the molecule is CN(C)C(=O)C(NC(=O)c1ccc(Oc2ccccc2)o1)c1ccccc1. The molecule has 1 atom stereocenters. The van der Waals surface area contributed by atoms with E-state index in [0.29, 0.717) is 11.3 Å². The Balaban J connectivity index is 1.75. The minimum absolute atomic E-state index is 0.0634. The molecule has 0 bridgehead atoms. The molecule has 0 spiro atoms. The van der Waals surface area contributed by atoms with Gasteiger partial charge < -0.3 is 19.4 Å². The molecule has 0 aliphatic heterocycles. The van der Waals surface area contributed by atoms with Crippen molar-refractivity contribution in [2.45, 2.75) is 6.04 Å². The summed E-state index contributed by atoms with van der Waals surface area (Å²) in [5.74, 6) is 0.127. The number of likely N-dealkylation sites (N-methyl/N-ethyl adjacent to an activating group) is 1. The van der Waals surface area contributed by atoms with Crippen molar-refractivity contribution in [3.63, 3.8) is 0 Å². The monoisotopic (exact) mass is 364 g/mol. The summed E-state index contributed by atoms with van der Waals surface area (Å²) in [7, 11) is 3.28. The zero-order valence-electron chi connectivity index (χ0n) is 15.1. The molecule has 2 amide bonds. The van der Waals surface area contributed by atoms with Crippen molar-refractivity contribution in [2.24, 2.45) is 0 Å². The van der Waals surface area contributed by atoms with Crippen LogP contribution in [0.3, 0.4) is 0 Å². The standard InChI is InChI=1S/C21H20N2O4/c1-23(2)21(25)19(15-9-5-3-6-10-15)22-20(24)17-13-14-18(27-17)26-16-11-7-4-8-12-16/h3-14,19H,1-2H3,(H,22,24). The van der Waals surface area contributed by atoms with E-state index < -0.39 is 11.9 Å². The number of carbonyl (C=O) groups excluding carboxylic acids is 2. The predicted molar refractivity (Wildman–Crippen MR) is 101 cm³/mol. The molecule has 6 nitrogen and oxygen atoms in total. The van der Waals surface area contributed by atoms with Gasteiger partial charge in [0.05, 0.1) is 0 Å². The number of ether oxygens (including phenoxy) is 1. The number of nitrogens with zero attached hydrogens (tertiary/aromatic N) is 1. The second kappa shape index (κ2) is 8.23. The molecule has 1 aromatic heterocycles. The first-order chi connectivity index (χ1) is 13.0. The lowest BCUT2D eigenvalue weighted by Crippen LogP contribution is -2.39. The summed E-state index contributed by atoms with van der Waals surface area (Å²) in [6, 6.07) is 20.4. The van der Waals surface area contributed by atoms with Crippen LogP contribution in [0.5, 0.6) is 11.7 Å². The molecule has 1 heterocycles. The Morgan fingerprint density at radius 1 is 0.926 bits per heavy atom. The van der Waals surface area contributed by atoms with Crippen LogP contribution in [0.4, 0.5) is 0 Å². The first-order valence-electron chi connectivity index (χ1n) is 8.44. The van der Waals surface area contributed by atoms with Crippen LogP contribution in [0, 0.1) is 0 Å². The average Bonchev–Trinajstić information content (AvgIpc) is 3.15. The highest BCUT2D eigenvalue weighted by Crippen LogP contribution is 2.24. The fraction of sp³-hybridized carbons (Fsp3) is 0.143. The Bertz CT molecular complexity index is 904. The zero-order valence-corrected chi connectivity index (χ0v) is 15.1. The number of hydrogen-bond acceptors (Lipinski definition) is 4. The largest absolute Gasteiger partial charge is 0.426 e. The summed E-state index contributed by atoms with van der Waals surface area (Å²) >= 11 is 0. The third kappa shape index (κ3) is 4.55. The van der Waals surface area contributed by atoms with Crippen LogP contribution in [0.15, 0.2) is 77.2 Å². The Hall–Kier alpha value is -3.54. The van der Waals surface area contributed by atoms with Crippen LogP contribution in [0.2, 0.25) is 0 Å². The zero-order chi connectivity index (χ0) is 19.2. The maximum atomic E-state index is 12.6. The maximum Gasteiger partial charge on any atom is 0.290 e. The van der Waals surface area contributed by atoms with Gasteiger partial charge in [0.1, 0.15) is 11.8 Å². The van der Waals surface area contributed by atoms with Gasteiger partial charge in [-0.15, -0.1) is 0 Å². The van der Waals surface area contributed by atoms with Gasteiger partial charge in [0, 0.05) is 20.2 Å². The fourth-order valence-electron chi connectivity index (χ4n) is 2.50. The summed E-state index contributed by atoms with van der Waals surface area (Å²) < 4.78 is 11.0. The van der Waals surface area contributed by atoms with E-state index in [1.54, 1.807) is 44.4 Å². The van der Waals surface area contributed by atoms with Gasteiger partial charge in [-0.3, -0.25) is 9.59 Å². The van der Waals surface area contributed by atoms with Crippen molar-refractivity contribution in [2.75, 3.05) is 14.1 Å². The van der Waals surface area contributed by atoms with E-state index in [9.17, 15) is 9.59 Å². The molecule has 0 aliphatic rings. The van der Waals surface area contributed by atoms with Crippen molar-refractivity contribution in [3.8, 4) is 11.7 Å². The minimum Gasteiger partial charge on any atom is -0.426 e. The summed E-state index contributed by atoms with van der Waals surface area (Å²) in [6.07, 6.45) is 0. The average molecular weight is 364 g/mol. The van der Waals surface area contributed by atoms with Crippen LogP contribution < -0.4 is 10.1 Å². The molecule has 0 fully saturated rings. The molecule has 3 rings (SSSR count). The second-order valence-electron chi connectivity index (χ2n) is 6.08. The topological polar surface area (TPSA) is 71.8 Å². The summed E-state index contributed by atoms with van der Waals surface area (Å²) in [5, 5.41) is 2.73. The first kappa shape index (κ1) is 18.3. The van der Waals surface area contributed by atoms with Gasteiger partial charge in [0.15, 0.2) is 5.76 Å². The van der Waals surface area contributed by atoms with Crippen LogP contribution in [-0.4, -0.2) is 30.8 Å². The lowest BCUT2D eigenvalue weighted by atomic mass is 10.1. The normalized spacial score (nSPS) is 11.5. The number of para-hydroxylation sites is 1. The summed E-state index contributed by atoms with van der Waals surface area (Å²) in [6.45, 7) is 0. The number of nitrogens with one attached hydrogen (secondary N) is 1. The highest BCUT2D eigenvalue weighted by atomic mass is 16.6. The second-order valence-corrected chi connectivity index (χ2v) is 6.08. The number of benzene rings is 2. The smallest absolute Gasteiger partial charge is 0.290 e. The Morgan fingerprint density at radius 3 is 2.19 bits per heavy atom. The minimum atomic E-state index is -0.808. The molecule has 0 saturated carbocycles. The van der Waals surface area contributed by atoms with E-state index in [1.165, 1.54) is 11.0 Å². The van der Waals surface area contributed by atoms with Gasteiger partial charge in [-0.2, -0.15) is 0 Å². The fourth-order valence-corrected chi connectivity index (χ4v) is 2.50. The molecular weight excluding hydrogens is 344 g/mol. The number of rotatable bonds is 6. The van der Waals surface area contributed by atoms with Crippen molar-refractivity contribution in [3.05, 3.63) is 84.1 Å². The van der Waals surface area contributed by atoms with E-state index >= 15 is 0 Å². The lowest BCUT2D eigenvalue weighted by Gasteiger charge is -2.21. The van der Waals surface area contributed by atoms with Crippen LogP contribution in [0.1, 0.15) is 22.2 Å². The van der Waals surface area contributed by atoms with Gasteiger partial charge >= 0.3 is 0 Å². The van der Waals surface area contributed by atoms with Crippen LogP contribution in [-0.2, 0) is 4.79 Å². The van der Waals surface area contributed by atoms with Gasteiger partial charge in [0.25, 0.3) is 11.9 Å². The van der Waals surface area contributed by atoms with Crippen molar-refractivity contribution < 1.29 is 18.7 Å². The number of hydrogen-bond donors (Lipinski definition) is 1. The quantitative estimate of drug-likeness (QED) is 0.725. The third-order valence-electron chi connectivity index (χ3n) is 3.86. The van der Waals surface area contributed by atoms with Gasteiger partial charge in [-0.1, -0.05) is 48.5 Å². The molecule has 2 aromatic carbocycles. The van der Waals surface area contributed by atoms with Gasteiger partial charge in [-0.25, -0.2) is 0 Å². The van der Waals surface area contributed by atoms with Crippen LogP contribution >= 0.6 is 0 Å². The highest BCUT2D eigenvalue weighted by molar-refractivity contribution is 5.96. The van der Waals surface area contributed by atoms with Gasteiger partial charge in [0.2, 0.25) is 5.91 Å². The first-order valence-corrected chi connectivity index (χ1v) is 8.44. The number of amides is 2. The lowest BCUT2D eigenvalue weighted by molar-refractivity contribution is -0.130. The number of carbonyl (C=O) groups is 2. The van der Waals surface area contributed by atoms with E-state index in [4.69, 9.17) is 9.15 Å². The van der Waals surface area contributed by atoms with E-state index in [-0.39, 0.29) is 17.6 Å². The molecule has 138 valence electrons. The van der Waals surface area contributed by atoms with Crippen molar-refractivity contribution in [1.29, 1.82) is 0 Å². The van der Waals surface area contributed by atoms with E-state index in [2.05, 4.69) is 5.32 Å². The molecular formula is C21H20N2O4. The predicted octanol–water partition coefficient (Wildman–Crippen LogP) is 3.63. The maximum absolute atomic E-state index is 12.6. The Morgan fingerprint density at radius 2 is 1.56 bits per heavy atom. The molecule has 6 heteroatoms. The molecule has 1 unspecified atom stereocenters.